The van der Waals surface area contributed by atoms with Crippen molar-refractivity contribution in [1.82, 2.24) is 9.13 Å². The molecule has 0 atom stereocenters. The molecule has 11 aromatic carbocycles. The number of hydrogen-bond acceptors (Lipinski definition) is 0. The van der Waals surface area contributed by atoms with Crippen LogP contribution in [0.25, 0.3) is 88.4 Å². The molecule has 0 radical (unpaired) electrons. The van der Waals surface area contributed by atoms with E-state index in [-0.39, 0.29) is 0 Å². The molecule has 0 bridgehead atoms. The minimum atomic E-state index is -0.512. The third kappa shape index (κ3) is 6.72. The molecular formula is C67H46N2. The Hall–Kier alpha value is -8.98. The molecule has 13 rings (SSSR count). The quantitative estimate of drug-likeness (QED) is 0.128. The molecule has 69 heavy (non-hydrogen) atoms. The van der Waals surface area contributed by atoms with Crippen LogP contribution in [0.3, 0.4) is 0 Å². The lowest BCUT2D eigenvalue weighted by Gasteiger charge is -2.37. The summed E-state index contributed by atoms with van der Waals surface area (Å²) in [5.41, 5.74) is 18.7. The highest BCUT2D eigenvalue weighted by Crippen LogP contribution is 2.46. The molecule has 0 saturated heterocycles. The summed E-state index contributed by atoms with van der Waals surface area (Å²) >= 11 is 0. The molecule has 0 unspecified atom stereocenters. The van der Waals surface area contributed by atoms with Gasteiger partial charge in [0.1, 0.15) is 0 Å². The van der Waals surface area contributed by atoms with Crippen LogP contribution in [0, 0.1) is 0 Å². The first-order valence-electron chi connectivity index (χ1n) is 23.8. The largest absolute Gasteiger partial charge is 0.309 e. The van der Waals surface area contributed by atoms with Gasteiger partial charge in [-0.15, -0.1) is 0 Å². The van der Waals surface area contributed by atoms with E-state index in [4.69, 9.17) is 0 Å². The summed E-state index contributed by atoms with van der Waals surface area (Å²) in [5.74, 6) is 0. The maximum Gasteiger partial charge on any atom is 0.0701 e. The van der Waals surface area contributed by atoms with E-state index >= 15 is 0 Å². The molecule has 0 saturated carbocycles. The summed E-state index contributed by atoms with van der Waals surface area (Å²) in [7, 11) is 0. The SMILES string of the molecule is c1ccc(-c2ccc(-n3c4ccccc4c4cc(-c5ccc6c(c5)c5ccccc5n6-c5ccc(-c6cccc(C(c7ccccc7)(c7ccccc7)c7ccccc7)c6)cc5)ccc43)cc2)cc1. The summed E-state index contributed by atoms with van der Waals surface area (Å²) in [4.78, 5) is 0. The van der Waals surface area contributed by atoms with Gasteiger partial charge in [-0.1, -0.05) is 212 Å². The standard InChI is InChI=1S/C67H46N2/c1-5-18-47(19-6-1)48-32-38-57(39-33-48)68-63-30-15-13-28-59(63)61-45-51(36-42-65(61)68)52-37-43-66-62(46-52)60-29-14-16-31-64(60)69(66)58-40-34-49(35-41-58)50-20-17-27-56(44-50)67(53-21-7-2-8-22-53,54-23-9-3-10-24-54)55-25-11-4-12-26-55/h1-46H. The Morgan fingerprint density at radius 1 is 0.203 bits per heavy atom. The van der Waals surface area contributed by atoms with Gasteiger partial charge in [-0.05, 0) is 122 Å². The zero-order valence-electron chi connectivity index (χ0n) is 38.0. The number of benzene rings is 11. The molecule has 0 aliphatic rings. The van der Waals surface area contributed by atoms with Crippen molar-refractivity contribution in [2.75, 3.05) is 0 Å². The van der Waals surface area contributed by atoms with Gasteiger partial charge in [0.2, 0.25) is 0 Å². The lowest BCUT2D eigenvalue weighted by Crippen LogP contribution is -2.31. The van der Waals surface area contributed by atoms with Gasteiger partial charge in [0.05, 0.1) is 27.5 Å². The Kier molecular flexibility index (Phi) is 9.77. The topological polar surface area (TPSA) is 9.86 Å². The van der Waals surface area contributed by atoms with Crippen LogP contribution in [0.1, 0.15) is 22.3 Å². The smallest absolute Gasteiger partial charge is 0.0701 e. The highest BCUT2D eigenvalue weighted by atomic mass is 15.0. The lowest BCUT2D eigenvalue weighted by molar-refractivity contribution is 0.745. The lowest BCUT2D eigenvalue weighted by atomic mass is 9.65. The number of rotatable bonds is 9. The minimum Gasteiger partial charge on any atom is -0.309 e. The third-order valence-electron chi connectivity index (χ3n) is 14.3. The van der Waals surface area contributed by atoms with Crippen molar-refractivity contribution in [2.24, 2.45) is 0 Å². The van der Waals surface area contributed by atoms with Crippen LogP contribution in [0.15, 0.2) is 279 Å². The van der Waals surface area contributed by atoms with Gasteiger partial charge in [0.25, 0.3) is 0 Å². The van der Waals surface area contributed by atoms with Gasteiger partial charge >= 0.3 is 0 Å². The molecule has 0 aliphatic heterocycles. The monoisotopic (exact) mass is 878 g/mol. The van der Waals surface area contributed by atoms with Crippen molar-refractivity contribution in [3.8, 4) is 44.8 Å². The Labute approximate surface area is 402 Å². The van der Waals surface area contributed by atoms with Crippen LogP contribution < -0.4 is 0 Å². The molecule has 2 heterocycles. The molecule has 0 spiro atoms. The van der Waals surface area contributed by atoms with Crippen molar-refractivity contribution >= 4 is 43.6 Å². The van der Waals surface area contributed by atoms with Crippen LogP contribution >= 0.6 is 0 Å². The van der Waals surface area contributed by atoms with E-state index < -0.39 is 5.41 Å². The number of nitrogens with zero attached hydrogens (tertiary/aromatic N) is 2. The molecule has 2 heteroatoms. The second-order valence-corrected chi connectivity index (χ2v) is 18.1. The van der Waals surface area contributed by atoms with Crippen LogP contribution in [0.4, 0.5) is 0 Å². The Balaban J connectivity index is 0.876. The molecule has 2 aromatic heterocycles. The first-order valence-corrected chi connectivity index (χ1v) is 23.8. The first-order chi connectivity index (χ1) is 34.2. The van der Waals surface area contributed by atoms with Crippen LogP contribution in [-0.2, 0) is 5.41 Å². The number of fused-ring (bicyclic) bond motifs is 6. The number of hydrogen-bond donors (Lipinski definition) is 0. The minimum absolute atomic E-state index is 0.512. The maximum absolute atomic E-state index is 2.42. The average molecular weight is 879 g/mol. The fourth-order valence-electron chi connectivity index (χ4n) is 11.1. The van der Waals surface area contributed by atoms with Gasteiger partial charge in [-0.3, -0.25) is 0 Å². The van der Waals surface area contributed by atoms with E-state index in [0.29, 0.717) is 0 Å². The van der Waals surface area contributed by atoms with Gasteiger partial charge in [-0.25, -0.2) is 0 Å². The van der Waals surface area contributed by atoms with Gasteiger partial charge < -0.3 is 9.13 Å². The Morgan fingerprint density at radius 2 is 0.522 bits per heavy atom. The molecule has 13 aromatic rings. The van der Waals surface area contributed by atoms with E-state index in [1.165, 1.54) is 99.2 Å². The Morgan fingerprint density at radius 3 is 0.986 bits per heavy atom. The summed E-state index contributed by atoms with van der Waals surface area (Å²) in [6, 6.07) is 102. The van der Waals surface area contributed by atoms with Crippen molar-refractivity contribution in [3.63, 3.8) is 0 Å². The second-order valence-electron chi connectivity index (χ2n) is 18.1. The normalized spacial score (nSPS) is 11.8. The van der Waals surface area contributed by atoms with E-state index in [2.05, 4.69) is 288 Å². The maximum atomic E-state index is 2.42. The zero-order valence-corrected chi connectivity index (χ0v) is 38.0. The van der Waals surface area contributed by atoms with Crippen LogP contribution in [0.5, 0.6) is 0 Å². The van der Waals surface area contributed by atoms with Gasteiger partial charge in [0, 0.05) is 32.9 Å². The van der Waals surface area contributed by atoms with E-state index in [1.807, 2.05) is 0 Å². The fraction of sp³-hybridized carbons (Fsp3) is 0.0149. The summed E-state index contributed by atoms with van der Waals surface area (Å²) in [6.45, 7) is 0. The predicted molar refractivity (Wildman–Crippen MR) is 290 cm³/mol. The van der Waals surface area contributed by atoms with E-state index in [1.54, 1.807) is 0 Å². The molecule has 2 nitrogen and oxygen atoms in total. The molecular weight excluding hydrogens is 833 g/mol. The van der Waals surface area contributed by atoms with Crippen molar-refractivity contribution < 1.29 is 0 Å². The fourth-order valence-corrected chi connectivity index (χ4v) is 11.1. The first kappa shape index (κ1) is 40.3. The van der Waals surface area contributed by atoms with Crippen LogP contribution in [-0.4, -0.2) is 9.13 Å². The summed E-state index contributed by atoms with van der Waals surface area (Å²) < 4.78 is 4.81. The summed E-state index contributed by atoms with van der Waals surface area (Å²) in [6.07, 6.45) is 0. The molecule has 0 amide bonds. The predicted octanol–water partition coefficient (Wildman–Crippen LogP) is 17.3. The number of para-hydroxylation sites is 2. The van der Waals surface area contributed by atoms with E-state index in [0.717, 1.165) is 11.4 Å². The van der Waals surface area contributed by atoms with Gasteiger partial charge in [-0.2, -0.15) is 0 Å². The third-order valence-corrected chi connectivity index (χ3v) is 14.3. The van der Waals surface area contributed by atoms with Crippen molar-refractivity contribution in [3.05, 3.63) is 301 Å². The highest BCUT2D eigenvalue weighted by molar-refractivity contribution is 6.12. The molecule has 0 N–H and O–H groups in total. The zero-order chi connectivity index (χ0) is 45.7. The van der Waals surface area contributed by atoms with Crippen molar-refractivity contribution in [1.29, 1.82) is 0 Å². The highest BCUT2D eigenvalue weighted by Gasteiger charge is 2.38. The molecule has 324 valence electrons. The number of aromatic nitrogens is 2. The second kappa shape index (κ2) is 16.7. The molecule has 0 fully saturated rings. The summed E-state index contributed by atoms with van der Waals surface area (Å²) in [5, 5.41) is 4.97. The Bertz CT molecular complexity index is 3860. The van der Waals surface area contributed by atoms with Crippen LogP contribution in [0.2, 0.25) is 0 Å². The average Bonchev–Trinajstić information content (AvgIpc) is 3.95. The van der Waals surface area contributed by atoms with Crippen molar-refractivity contribution in [2.45, 2.75) is 5.41 Å². The van der Waals surface area contributed by atoms with E-state index in [9.17, 15) is 0 Å². The molecule has 0 aliphatic carbocycles. The van der Waals surface area contributed by atoms with Gasteiger partial charge in [0.15, 0.2) is 0 Å².